The maximum atomic E-state index is 12.1. The van der Waals surface area contributed by atoms with Gasteiger partial charge in [-0.05, 0) is 35.6 Å². The smallest absolute Gasteiger partial charge is 0.348 e. The highest BCUT2D eigenvalue weighted by Crippen LogP contribution is 2.18. The number of carbonyl (C=O) groups is 1. The molecule has 0 saturated carbocycles. The summed E-state index contributed by atoms with van der Waals surface area (Å²) in [5.74, 6) is -0.421. The Morgan fingerprint density at radius 2 is 2.25 bits per heavy atom. The Balaban J connectivity index is 2.42. The number of rotatable bonds is 3. The molecule has 0 bridgehead atoms. The summed E-state index contributed by atoms with van der Waals surface area (Å²) >= 11 is 1.27. The van der Waals surface area contributed by atoms with Crippen LogP contribution in [-0.2, 0) is 11.3 Å². The summed E-state index contributed by atoms with van der Waals surface area (Å²) in [6.07, 6.45) is 1.62. The summed E-state index contributed by atoms with van der Waals surface area (Å²) in [5.41, 5.74) is 1.13. The van der Waals surface area contributed by atoms with Crippen molar-refractivity contribution in [3.8, 4) is 6.07 Å². The highest BCUT2D eigenvalue weighted by Gasteiger charge is 2.15. The number of aromatic nitrogens is 1. The number of aryl methyl sites for hydroxylation is 1. The van der Waals surface area contributed by atoms with Gasteiger partial charge in [-0.1, -0.05) is 0 Å². The molecule has 0 fully saturated rings. The average Bonchev–Trinajstić information content (AvgIpc) is 2.90. The zero-order valence-corrected chi connectivity index (χ0v) is 11.9. The minimum atomic E-state index is -0.421. The van der Waals surface area contributed by atoms with Gasteiger partial charge < -0.3 is 9.30 Å². The number of esters is 1. The molecule has 0 amide bonds. The monoisotopic (exact) mass is 288 g/mol. The summed E-state index contributed by atoms with van der Waals surface area (Å²) in [7, 11) is 1.32. The summed E-state index contributed by atoms with van der Waals surface area (Å²) < 4.78 is 6.12. The standard InChI is InChI=1S/C14H12N2O3S/c1-9-3-5-16(13(17)11(9)7-15)8-10-4-6-20-12(10)14(18)19-2/h3-6H,8H2,1-2H3. The Morgan fingerprint density at radius 3 is 2.90 bits per heavy atom. The van der Waals surface area contributed by atoms with E-state index >= 15 is 0 Å². The van der Waals surface area contributed by atoms with Crippen molar-refractivity contribution in [2.24, 2.45) is 0 Å². The summed E-state index contributed by atoms with van der Waals surface area (Å²) in [5, 5.41) is 10.8. The van der Waals surface area contributed by atoms with Crippen LogP contribution in [0.15, 0.2) is 28.5 Å². The van der Waals surface area contributed by atoms with Crippen LogP contribution >= 0.6 is 11.3 Å². The van der Waals surface area contributed by atoms with Gasteiger partial charge in [-0.25, -0.2) is 4.79 Å². The second-order valence-corrected chi connectivity index (χ2v) is 5.10. The van der Waals surface area contributed by atoms with Crippen molar-refractivity contribution < 1.29 is 9.53 Å². The van der Waals surface area contributed by atoms with Crippen LogP contribution in [0, 0.1) is 18.3 Å². The lowest BCUT2D eigenvalue weighted by Crippen LogP contribution is -2.24. The van der Waals surface area contributed by atoms with Crippen LogP contribution in [0.5, 0.6) is 0 Å². The van der Waals surface area contributed by atoms with Crippen molar-refractivity contribution >= 4 is 17.3 Å². The van der Waals surface area contributed by atoms with E-state index in [1.807, 2.05) is 6.07 Å². The van der Waals surface area contributed by atoms with E-state index in [4.69, 9.17) is 10.00 Å². The highest BCUT2D eigenvalue weighted by molar-refractivity contribution is 7.12. The topological polar surface area (TPSA) is 72.1 Å². The van der Waals surface area contributed by atoms with Gasteiger partial charge in [-0.3, -0.25) is 4.79 Å². The maximum Gasteiger partial charge on any atom is 0.348 e. The van der Waals surface area contributed by atoms with Gasteiger partial charge in [0.15, 0.2) is 0 Å². The molecule has 0 spiro atoms. The van der Waals surface area contributed by atoms with E-state index in [-0.39, 0.29) is 17.7 Å². The first-order valence-corrected chi connectivity index (χ1v) is 6.71. The number of carbonyl (C=O) groups excluding carboxylic acids is 1. The number of hydrogen-bond donors (Lipinski definition) is 0. The number of hydrogen-bond acceptors (Lipinski definition) is 5. The number of thiophene rings is 1. The molecule has 0 aliphatic rings. The Morgan fingerprint density at radius 1 is 1.50 bits per heavy atom. The number of pyridine rings is 1. The third kappa shape index (κ3) is 2.49. The summed E-state index contributed by atoms with van der Waals surface area (Å²) in [6.45, 7) is 1.95. The van der Waals surface area contributed by atoms with Gasteiger partial charge in [-0.2, -0.15) is 5.26 Å². The highest BCUT2D eigenvalue weighted by atomic mass is 32.1. The average molecular weight is 288 g/mol. The van der Waals surface area contributed by atoms with Crippen molar-refractivity contribution in [2.45, 2.75) is 13.5 Å². The minimum Gasteiger partial charge on any atom is -0.465 e. The number of methoxy groups -OCH3 is 1. The fourth-order valence-corrected chi connectivity index (χ4v) is 2.67. The molecular formula is C14H12N2O3S. The van der Waals surface area contributed by atoms with Crippen LogP contribution in [0.1, 0.15) is 26.4 Å². The third-order valence-corrected chi connectivity index (χ3v) is 3.88. The third-order valence-electron chi connectivity index (χ3n) is 2.94. The fourth-order valence-electron chi connectivity index (χ4n) is 1.84. The molecule has 0 aliphatic heterocycles. The lowest BCUT2D eigenvalue weighted by molar-refractivity contribution is 0.0605. The molecule has 2 rings (SSSR count). The minimum absolute atomic E-state index is 0.127. The van der Waals surface area contributed by atoms with Gasteiger partial charge >= 0.3 is 5.97 Å². The predicted octanol–water partition coefficient (Wildman–Crippen LogP) is 1.92. The molecule has 0 atom stereocenters. The van der Waals surface area contributed by atoms with Crippen LogP contribution < -0.4 is 5.56 Å². The number of nitrogens with zero attached hydrogens (tertiary/aromatic N) is 2. The number of ether oxygens (including phenoxy) is 1. The largest absolute Gasteiger partial charge is 0.465 e. The van der Waals surface area contributed by atoms with Crippen molar-refractivity contribution in [3.63, 3.8) is 0 Å². The quantitative estimate of drug-likeness (QED) is 0.809. The zero-order valence-electron chi connectivity index (χ0n) is 11.0. The fraction of sp³-hybridized carbons (Fsp3) is 0.214. The second-order valence-electron chi connectivity index (χ2n) is 4.19. The Kier molecular flexibility index (Phi) is 4.01. The van der Waals surface area contributed by atoms with Crippen molar-refractivity contribution in [1.82, 2.24) is 4.57 Å². The molecular weight excluding hydrogens is 276 g/mol. The van der Waals surface area contributed by atoms with E-state index in [1.54, 1.807) is 30.6 Å². The molecule has 0 N–H and O–H groups in total. The Bertz CT molecular complexity index is 753. The molecule has 20 heavy (non-hydrogen) atoms. The van der Waals surface area contributed by atoms with E-state index in [0.717, 1.165) is 0 Å². The summed E-state index contributed by atoms with van der Waals surface area (Å²) in [6, 6.07) is 5.40. The zero-order chi connectivity index (χ0) is 14.7. The number of nitriles is 1. The van der Waals surface area contributed by atoms with Gasteiger partial charge in [-0.15, -0.1) is 11.3 Å². The van der Waals surface area contributed by atoms with Crippen molar-refractivity contribution in [2.75, 3.05) is 7.11 Å². The van der Waals surface area contributed by atoms with Crippen molar-refractivity contribution in [1.29, 1.82) is 5.26 Å². The first-order chi connectivity index (χ1) is 9.58. The van der Waals surface area contributed by atoms with Crippen LogP contribution in [-0.4, -0.2) is 17.6 Å². The Labute approximate surface area is 119 Å². The molecule has 2 heterocycles. The molecule has 6 heteroatoms. The maximum absolute atomic E-state index is 12.1. The molecule has 0 aliphatic carbocycles. The van der Waals surface area contributed by atoms with Gasteiger partial charge in [0, 0.05) is 6.20 Å². The second kappa shape index (κ2) is 5.72. The first kappa shape index (κ1) is 14.0. The molecule has 0 aromatic carbocycles. The molecule has 102 valence electrons. The van der Waals surface area contributed by atoms with Gasteiger partial charge in [0.1, 0.15) is 16.5 Å². The van der Waals surface area contributed by atoms with Crippen LogP contribution in [0.4, 0.5) is 0 Å². The van der Waals surface area contributed by atoms with Crippen LogP contribution in [0.2, 0.25) is 0 Å². The summed E-state index contributed by atoms with van der Waals surface area (Å²) in [4.78, 5) is 24.2. The molecule has 2 aromatic rings. The SMILES string of the molecule is COC(=O)c1sccc1Cn1ccc(C)c(C#N)c1=O. The van der Waals surface area contributed by atoms with E-state index in [9.17, 15) is 9.59 Å². The van der Waals surface area contributed by atoms with Crippen LogP contribution in [0.25, 0.3) is 0 Å². The molecule has 0 unspecified atom stereocenters. The molecule has 0 saturated heterocycles. The van der Waals surface area contributed by atoms with Gasteiger partial charge in [0.05, 0.1) is 13.7 Å². The molecule has 5 nitrogen and oxygen atoms in total. The molecule has 0 radical (unpaired) electrons. The van der Waals surface area contributed by atoms with E-state index < -0.39 is 5.97 Å². The lowest BCUT2D eigenvalue weighted by Gasteiger charge is -2.07. The first-order valence-electron chi connectivity index (χ1n) is 5.83. The van der Waals surface area contributed by atoms with E-state index in [1.165, 1.54) is 23.0 Å². The van der Waals surface area contributed by atoms with Gasteiger partial charge in [0.2, 0.25) is 0 Å². The molecule has 2 aromatic heterocycles. The predicted molar refractivity (Wildman–Crippen MR) is 74.9 cm³/mol. The van der Waals surface area contributed by atoms with Gasteiger partial charge in [0.25, 0.3) is 5.56 Å². The van der Waals surface area contributed by atoms with E-state index in [0.29, 0.717) is 16.0 Å². The van der Waals surface area contributed by atoms with Crippen LogP contribution in [0.3, 0.4) is 0 Å². The lowest BCUT2D eigenvalue weighted by atomic mass is 10.1. The van der Waals surface area contributed by atoms with Crippen molar-refractivity contribution in [3.05, 3.63) is 55.6 Å². The van der Waals surface area contributed by atoms with E-state index in [2.05, 4.69) is 0 Å². The normalized spacial score (nSPS) is 10.1. The Hall–Kier alpha value is -2.39.